The quantitative estimate of drug-likeness (QED) is 0.625. The molecule has 144 valence electrons. The van der Waals surface area contributed by atoms with Crippen molar-refractivity contribution in [2.75, 3.05) is 31.4 Å². The second kappa shape index (κ2) is 9.36. The molecule has 0 saturated heterocycles. The van der Waals surface area contributed by atoms with Crippen molar-refractivity contribution >= 4 is 17.5 Å². The second-order valence-corrected chi connectivity index (χ2v) is 5.97. The van der Waals surface area contributed by atoms with Crippen molar-refractivity contribution in [1.29, 1.82) is 0 Å². The molecule has 3 rings (SSSR count). The van der Waals surface area contributed by atoms with Crippen molar-refractivity contribution in [2.45, 2.75) is 6.42 Å². The number of benzene rings is 2. The van der Waals surface area contributed by atoms with Gasteiger partial charge in [-0.25, -0.2) is 9.97 Å². The maximum Gasteiger partial charge on any atom is 0.258 e. The Bertz CT molecular complexity index is 912. The molecule has 0 radical (unpaired) electrons. The molecule has 1 aromatic heterocycles. The van der Waals surface area contributed by atoms with Crippen LogP contribution in [0.25, 0.3) is 0 Å². The van der Waals surface area contributed by atoms with Crippen LogP contribution in [0.4, 0.5) is 11.6 Å². The number of methoxy groups -OCH3 is 2. The minimum atomic E-state index is -0.272. The number of hydrogen-bond donors (Lipinski definition) is 2. The van der Waals surface area contributed by atoms with Gasteiger partial charge >= 0.3 is 0 Å². The van der Waals surface area contributed by atoms with E-state index in [4.69, 9.17) is 9.47 Å². The summed E-state index contributed by atoms with van der Waals surface area (Å²) in [5.74, 6) is 1.78. The molecule has 2 aromatic carbocycles. The Morgan fingerprint density at radius 3 is 2.36 bits per heavy atom. The third-order valence-electron chi connectivity index (χ3n) is 4.13. The van der Waals surface area contributed by atoms with Crippen LogP contribution in [-0.4, -0.2) is 36.6 Å². The topological polar surface area (TPSA) is 85.4 Å². The van der Waals surface area contributed by atoms with E-state index in [1.54, 1.807) is 38.5 Å². The number of rotatable bonds is 8. The standard InChI is InChI=1S/C21H22N4O3/c1-27-18-9-7-17(8-10-18)25-20(26)16-13-23-21(24-14-16)22-12-11-15-5-3-4-6-19(15)28-2/h3-10,13-14H,11-12H2,1-2H3,(H,25,26)(H,22,23,24). The Morgan fingerprint density at radius 2 is 1.68 bits per heavy atom. The highest BCUT2D eigenvalue weighted by Gasteiger charge is 2.08. The molecule has 3 aromatic rings. The number of carbonyl (C=O) groups excluding carboxylic acids is 1. The average Bonchev–Trinajstić information content (AvgIpc) is 2.75. The van der Waals surface area contributed by atoms with Crippen molar-refractivity contribution < 1.29 is 14.3 Å². The number of amides is 1. The zero-order valence-electron chi connectivity index (χ0n) is 15.8. The first-order valence-corrected chi connectivity index (χ1v) is 8.83. The number of carbonyl (C=O) groups is 1. The minimum absolute atomic E-state index is 0.272. The van der Waals surface area contributed by atoms with Gasteiger partial charge in [0.25, 0.3) is 5.91 Å². The number of nitrogens with zero attached hydrogens (tertiary/aromatic N) is 2. The molecule has 1 heterocycles. The van der Waals surface area contributed by atoms with E-state index in [1.807, 2.05) is 24.3 Å². The first-order valence-electron chi connectivity index (χ1n) is 8.83. The Hall–Kier alpha value is -3.61. The molecule has 28 heavy (non-hydrogen) atoms. The Balaban J connectivity index is 1.53. The Morgan fingerprint density at radius 1 is 0.964 bits per heavy atom. The average molecular weight is 378 g/mol. The molecule has 7 nitrogen and oxygen atoms in total. The summed E-state index contributed by atoms with van der Waals surface area (Å²) < 4.78 is 10.4. The van der Waals surface area contributed by atoms with Gasteiger partial charge in [0.05, 0.1) is 19.8 Å². The highest BCUT2D eigenvalue weighted by atomic mass is 16.5. The number of ether oxygens (including phenoxy) is 2. The summed E-state index contributed by atoms with van der Waals surface area (Å²) in [5, 5.41) is 5.95. The highest BCUT2D eigenvalue weighted by molar-refractivity contribution is 6.03. The SMILES string of the molecule is COc1ccc(NC(=O)c2cnc(NCCc3ccccc3OC)nc2)cc1. The maximum absolute atomic E-state index is 12.3. The number of nitrogens with one attached hydrogen (secondary N) is 2. The molecule has 0 bridgehead atoms. The number of aromatic nitrogens is 2. The van der Waals surface area contributed by atoms with Gasteiger partial charge in [-0.05, 0) is 42.3 Å². The van der Waals surface area contributed by atoms with E-state index in [2.05, 4.69) is 20.6 Å². The lowest BCUT2D eigenvalue weighted by Crippen LogP contribution is -2.14. The van der Waals surface area contributed by atoms with Gasteiger partial charge in [0.2, 0.25) is 5.95 Å². The van der Waals surface area contributed by atoms with Crippen LogP contribution in [0.1, 0.15) is 15.9 Å². The van der Waals surface area contributed by atoms with Gasteiger partial charge in [-0.2, -0.15) is 0 Å². The summed E-state index contributed by atoms with van der Waals surface area (Å²) >= 11 is 0. The fourth-order valence-corrected chi connectivity index (χ4v) is 2.63. The van der Waals surface area contributed by atoms with Crippen molar-refractivity contribution in [3.63, 3.8) is 0 Å². The van der Waals surface area contributed by atoms with Gasteiger partial charge < -0.3 is 20.1 Å². The number of para-hydroxylation sites is 1. The fraction of sp³-hybridized carbons (Fsp3) is 0.190. The van der Waals surface area contributed by atoms with Crippen molar-refractivity contribution in [2.24, 2.45) is 0 Å². The summed E-state index contributed by atoms with van der Waals surface area (Å²) in [6.45, 7) is 0.651. The second-order valence-electron chi connectivity index (χ2n) is 5.97. The summed E-state index contributed by atoms with van der Waals surface area (Å²) in [6, 6.07) is 15.0. The van der Waals surface area contributed by atoms with Crippen molar-refractivity contribution in [3.05, 3.63) is 72.1 Å². The molecule has 0 unspecified atom stereocenters. The van der Waals surface area contributed by atoms with E-state index in [0.717, 1.165) is 23.5 Å². The van der Waals surface area contributed by atoms with Gasteiger partial charge in [-0.3, -0.25) is 4.79 Å². The van der Waals surface area contributed by atoms with Crippen LogP contribution in [0.3, 0.4) is 0 Å². The van der Waals surface area contributed by atoms with Crippen LogP contribution in [0, 0.1) is 0 Å². The Kier molecular flexibility index (Phi) is 6.41. The molecule has 0 fully saturated rings. The third kappa shape index (κ3) is 4.97. The highest BCUT2D eigenvalue weighted by Crippen LogP contribution is 2.18. The molecule has 0 spiro atoms. The van der Waals surface area contributed by atoms with Crippen molar-refractivity contribution in [3.8, 4) is 11.5 Å². The smallest absolute Gasteiger partial charge is 0.258 e. The molecule has 0 aliphatic rings. The zero-order chi connectivity index (χ0) is 19.8. The summed E-state index contributed by atoms with van der Waals surface area (Å²) in [6.07, 6.45) is 3.77. The Labute approximate surface area is 163 Å². The molecular formula is C21H22N4O3. The van der Waals surface area contributed by atoms with E-state index in [9.17, 15) is 4.79 Å². The molecule has 1 amide bonds. The van der Waals surface area contributed by atoms with E-state index < -0.39 is 0 Å². The van der Waals surface area contributed by atoms with Gasteiger partial charge in [0, 0.05) is 24.6 Å². The molecule has 7 heteroatoms. The molecule has 2 N–H and O–H groups in total. The van der Waals surface area contributed by atoms with E-state index >= 15 is 0 Å². The van der Waals surface area contributed by atoms with E-state index in [1.165, 1.54) is 12.4 Å². The predicted octanol–water partition coefficient (Wildman–Crippen LogP) is 3.40. The molecule has 0 aliphatic carbocycles. The lowest BCUT2D eigenvalue weighted by molar-refractivity contribution is 0.102. The summed E-state index contributed by atoms with van der Waals surface area (Å²) in [5.41, 5.74) is 2.16. The molecule has 0 saturated carbocycles. The minimum Gasteiger partial charge on any atom is -0.497 e. The fourth-order valence-electron chi connectivity index (χ4n) is 2.63. The van der Waals surface area contributed by atoms with Gasteiger partial charge in [0.1, 0.15) is 11.5 Å². The van der Waals surface area contributed by atoms with Crippen LogP contribution in [-0.2, 0) is 6.42 Å². The molecule has 0 aliphatic heterocycles. The third-order valence-corrected chi connectivity index (χ3v) is 4.13. The lowest BCUT2D eigenvalue weighted by atomic mass is 10.1. The molecular weight excluding hydrogens is 356 g/mol. The van der Waals surface area contributed by atoms with Crippen LogP contribution < -0.4 is 20.1 Å². The summed E-state index contributed by atoms with van der Waals surface area (Å²) in [4.78, 5) is 20.7. The van der Waals surface area contributed by atoms with Crippen LogP contribution in [0.2, 0.25) is 0 Å². The molecule has 0 atom stereocenters. The van der Waals surface area contributed by atoms with E-state index in [0.29, 0.717) is 23.7 Å². The van der Waals surface area contributed by atoms with E-state index in [-0.39, 0.29) is 5.91 Å². The lowest BCUT2D eigenvalue weighted by Gasteiger charge is -2.09. The largest absolute Gasteiger partial charge is 0.497 e. The number of anilines is 2. The van der Waals surface area contributed by atoms with Crippen LogP contribution in [0.15, 0.2) is 60.9 Å². The number of hydrogen-bond acceptors (Lipinski definition) is 6. The summed E-state index contributed by atoms with van der Waals surface area (Å²) in [7, 11) is 3.25. The van der Waals surface area contributed by atoms with Crippen molar-refractivity contribution in [1.82, 2.24) is 9.97 Å². The monoisotopic (exact) mass is 378 g/mol. The normalized spacial score (nSPS) is 10.2. The maximum atomic E-state index is 12.3. The first-order chi connectivity index (χ1) is 13.7. The van der Waals surface area contributed by atoms with Gasteiger partial charge in [-0.15, -0.1) is 0 Å². The first kappa shape index (κ1) is 19.2. The van der Waals surface area contributed by atoms with Gasteiger partial charge in [-0.1, -0.05) is 18.2 Å². The predicted molar refractivity (Wildman–Crippen MR) is 108 cm³/mol. The zero-order valence-corrected chi connectivity index (χ0v) is 15.8. The van der Waals surface area contributed by atoms with Gasteiger partial charge in [0.15, 0.2) is 0 Å². The van der Waals surface area contributed by atoms with Crippen LogP contribution in [0.5, 0.6) is 11.5 Å². The van der Waals surface area contributed by atoms with Crippen LogP contribution >= 0.6 is 0 Å².